The molecule has 3 rings (SSSR count). The molecule has 0 saturated carbocycles. The predicted octanol–water partition coefficient (Wildman–Crippen LogP) is 0.836. The number of piperidine rings is 1. The second-order valence-electron chi connectivity index (χ2n) is 5.23. The first-order chi connectivity index (χ1) is 10.2. The Labute approximate surface area is 126 Å². The van der Waals surface area contributed by atoms with E-state index in [1.807, 2.05) is 10.9 Å². The number of aromatic amines is 1. The number of hydrogen-bond acceptors (Lipinski definition) is 5. The maximum absolute atomic E-state index is 12.0. The van der Waals surface area contributed by atoms with E-state index in [1.165, 1.54) is 0 Å². The maximum atomic E-state index is 12.0. The number of carbonyl (C=O) groups excluding carboxylic acids is 1. The number of β-amino-alcohol motifs (C(OH)–C–C–N with tert-alkyl or cyclic N) is 1. The summed E-state index contributed by atoms with van der Waals surface area (Å²) in [5.41, 5.74) is 3.36. The minimum atomic E-state index is -0.559. The molecular weight excluding hydrogens is 288 g/mol. The number of carbonyl (C=O) groups is 1. The van der Waals surface area contributed by atoms with Crippen LogP contribution in [0.15, 0.2) is 29.2 Å². The van der Waals surface area contributed by atoms with Crippen LogP contribution in [0, 0.1) is 0 Å². The number of nitrogens with one attached hydrogen (secondary N) is 2. The molecular formula is C14H18N4O2S. The molecule has 3 N–H and O–H groups in total. The van der Waals surface area contributed by atoms with E-state index in [0.717, 1.165) is 25.2 Å². The topological polar surface area (TPSA) is 81.2 Å². The highest BCUT2D eigenvalue weighted by atomic mass is 32.1. The normalized spacial score (nSPS) is 23.1. The average molecular weight is 306 g/mol. The summed E-state index contributed by atoms with van der Waals surface area (Å²) in [5.74, 6) is -0.169. The number of thiazole rings is 1. The number of aliphatic hydroxyl groups is 1. The fourth-order valence-electron chi connectivity index (χ4n) is 2.57. The van der Waals surface area contributed by atoms with Gasteiger partial charge in [0, 0.05) is 31.2 Å². The van der Waals surface area contributed by atoms with Crippen molar-refractivity contribution < 1.29 is 9.90 Å². The summed E-state index contributed by atoms with van der Waals surface area (Å²) < 4.78 is 0. The summed E-state index contributed by atoms with van der Waals surface area (Å²) in [6.45, 7) is 2.13. The third-order valence-corrected chi connectivity index (χ3v) is 4.33. The Bertz CT molecular complexity index is 570. The van der Waals surface area contributed by atoms with Crippen LogP contribution in [0.4, 0.5) is 0 Å². The molecule has 112 valence electrons. The highest BCUT2D eigenvalue weighted by Gasteiger charge is 2.29. The van der Waals surface area contributed by atoms with Crippen molar-refractivity contribution in [3.05, 3.63) is 40.6 Å². The van der Waals surface area contributed by atoms with E-state index < -0.39 is 6.10 Å². The van der Waals surface area contributed by atoms with Crippen molar-refractivity contribution in [2.75, 3.05) is 13.1 Å². The lowest BCUT2D eigenvalue weighted by atomic mass is 10.0. The van der Waals surface area contributed by atoms with Crippen LogP contribution in [-0.2, 0) is 6.54 Å². The predicted molar refractivity (Wildman–Crippen MR) is 80.1 cm³/mol. The van der Waals surface area contributed by atoms with E-state index >= 15 is 0 Å². The fourth-order valence-corrected chi connectivity index (χ4v) is 3.12. The standard InChI is InChI=1S/C14H18N4O2S/c19-13-7-18(6-10-8-21-9-16-10)5-3-11(13)17-14(20)12-2-1-4-15-12/h1-2,4,8-9,11,13,15,19H,3,5-7H2,(H,17,20)/t11-,13-/m1/s1. The highest BCUT2D eigenvalue weighted by Crippen LogP contribution is 2.15. The summed E-state index contributed by atoms with van der Waals surface area (Å²) in [4.78, 5) is 21.3. The van der Waals surface area contributed by atoms with Crippen molar-refractivity contribution >= 4 is 17.2 Å². The molecule has 1 aliphatic heterocycles. The third-order valence-electron chi connectivity index (χ3n) is 3.69. The van der Waals surface area contributed by atoms with Crippen LogP contribution in [0.25, 0.3) is 0 Å². The lowest BCUT2D eigenvalue weighted by molar-refractivity contribution is 0.0345. The summed E-state index contributed by atoms with van der Waals surface area (Å²) in [6.07, 6.45) is 1.89. The molecule has 1 saturated heterocycles. The van der Waals surface area contributed by atoms with E-state index in [9.17, 15) is 9.90 Å². The van der Waals surface area contributed by atoms with Gasteiger partial charge in [0.05, 0.1) is 23.4 Å². The van der Waals surface area contributed by atoms with Gasteiger partial charge in [-0.05, 0) is 18.6 Å². The van der Waals surface area contributed by atoms with Gasteiger partial charge < -0.3 is 15.4 Å². The molecule has 0 aromatic carbocycles. The van der Waals surface area contributed by atoms with Gasteiger partial charge in [-0.2, -0.15) is 0 Å². The fraction of sp³-hybridized carbons (Fsp3) is 0.429. The van der Waals surface area contributed by atoms with Crippen LogP contribution in [0.5, 0.6) is 0 Å². The van der Waals surface area contributed by atoms with Crippen LogP contribution in [0.3, 0.4) is 0 Å². The molecule has 0 bridgehead atoms. The maximum Gasteiger partial charge on any atom is 0.267 e. The minimum Gasteiger partial charge on any atom is -0.390 e. The first-order valence-corrected chi connectivity index (χ1v) is 7.88. The van der Waals surface area contributed by atoms with Crippen molar-refractivity contribution in [3.8, 4) is 0 Å². The van der Waals surface area contributed by atoms with E-state index in [-0.39, 0.29) is 11.9 Å². The smallest absolute Gasteiger partial charge is 0.267 e. The number of hydrogen-bond donors (Lipinski definition) is 3. The Hall–Kier alpha value is -1.70. The molecule has 0 radical (unpaired) electrons. The van der Waals surface area contributed by atoms with Crippen molar-refractivity contribution in [1.29, 1.82) is 0 Å². The first kappa shape index (κ1) is 14.2. The van der Waals surface area contributed by atoms with Gasteiger partial charge in [0.1, 0.15) is 5.69 Å². The zero-order valence-corrected chi connectivity index (χ0v) is 12.3. The first-order valence-electron chi connectivity index (χ1n) is 6.94. The Balaban J connectivity index is 1.52. The van der Waals surface area contributed by atoms with Crippen molar-refractivity contribution in [2.45, 2.75) is 25.1 Å². The zero-order chi connectivity index (χ0) is 14.7. The Kier molecular flexibility index (Phi) is 4.33. The van der Waals surface area contributed by atoms with Crippen LogP contribution >= 0.6 is 11.3 Å². The molecule has 0 unspecified atom stereocenters. The average Bonchev–Trinajstić information content (AvgIpc) is 3.14. The molecule has 0 spiro atoms. The van der Waals surface area contributed by atoms with Crippen LogP contribution in [0.2, 0.25) is 0 Å². The molecule has 7 heteroatoms. The second kappa shape index (κ2) is 6.38. The summed E-state index contributed by atoms with van der Waals surface area (Å²) in [6, 6.07) is 3.30. The molecule has 1 aliphatic rings. The van der Waals surface area contributed by atoms with Crippen molar-refractivity contribution in [2.24, 2.45) is 0 Å². The van der Waals surface area contributed by atoms with Gasteiger partial charge in [0.25, 0.3) is 5.91 Å². The lowest BCUT2D eigenvalue weighted by Crippen LogP contribution is -2.53. The molecule has 3 heterocycles. The Morgan fingerprint density at radius 2 is 2.52 bits per heavy atom. The van der Waals surface area contributed by atoms with Gasteiger partial charge in [-0.25, -0.2) is 4.98 Å². The number of likely N-dealkylation sites (tertiary alicyclic amines) is 1. The largest absolute Gasteiger partial charge is 0.390 e. The quantitative estimate of drug-likeness (QED) is 0.782. The van der Waals surface area contributed by atoms with Crippen LogP contribution in [0.1, 0.15) is 22.6 Å². The number of nitrogens with zero attached hydrogens (tertiary/aromatic N) is 2. The molecule has 6 nitrogen and oxygen atoms in total. The van der Waals surface area contributed by atoms with Gasteiger partial charge >= 0.3 is 0 Å². The van der Waals surface area contributed by atoms with E-state index in [2.05, 4.69) is 20.2 Å². The molecule has 21 heavy (non-hydrogen) atoms. The SMILES string of the molecule is O=C(N[C@@H]1CCN(Cc2cscn2)C[C@H]1O)c1ccc[nH]1. The van der Waals surface area contributed by atoms with Crippen LogP contribution in [-0.4, -0.2) is 51.1 Å². The molecule has 2 aromatic rings. The summed E-state index contributed by atoms with van der Waals surface area (Å²) in [7, 11) is 0. The van der Waals surface area contributed by atoms with Gasteiger partial charge in [-0.1, -0.05) is 0 Å². The van der Waals surface area contributed by atoms with E-state index in [1.54, 1.807) is 29.7 Å². The molecule has 2 aromatic heterocycles. The van der Waals surface area contributed by atoms with Crippen molar-refractivity contribution in [3.63, 3.8) is 0 Å². The highest BCUT2D eigenvalue weighted by molar-refractivity contribution is 7.07. The molecule has 0 aliphatic carbocycles. The van der Waals surface area contributed by atoms with Gasteiger partial charge in [-0.15, -0.1) is 11.3 Å². The van der Waals surface area contributed by atoms with Gasteiger partial charge in [-0.3, -0.25) is 9.69 Å². The third kappa shape index (κ3) is 3.49. The molecule has 1 fully saturated rings. The Morgan fingerprint density at radius 1 is 1.62 bits per heavy atom. The number of aliphatic hydroxyl groups excluding tert-OH is 1. The van der Waals surface area contributed by atoms with Crippen LogP contribution < -0.4 is 5.32 Å². The van der Waals surface area contributed by atoms with Crippen molar-refractivity contribution in [1.82, 2.24) is 20.2 Å². The van der Waals surface area contributed by atoms with E-state index in [4.69, 9.17) is 0 Å². The molecule has 1 amide bonds. The zero-order valence-electron chi connectivity index (χ0n) is 11.5. The lowest BCUT2D eigenvalue weighted by Gasteiger charge is -2.35. The van der Waals surface area contributed by atoms with Gasteiger partial charge in [0.15, 0.2) is 0 Å². The molecule has 2 atom stereocenters. The number of H-pyrrole nitrogens is 1. The summed E-state index contributed by atoms with van der Waals surface area (Å²) >= 11 is 1.58. The van der Waals surface area contributed by atoms with E-state index in [0.29, 0.717) is 12.2 Å². The second-order valence-corrected chi connectivity index (χ2v) is 5.95. The van der Waals surface area contributed by atoms with Gasteiger partial charge in [0.2, 0.25) is 0 Å². The minimum absolute atomic E-state index is 0.169. The number of amides is 1. The number of aromatic nitrogens is 2. The Morgan fingerprint density at radius 3 is 3.19 bits per heavy atom. The number of rotatable bonds is 4. The summed E-state index contributed by atoms with van der Waals surface area (Å²) in [5, 5.41) is 15.1. The monoisotopic (exact) mass is 306 g/mol.